The van der Waals surface area contributed by atoms with Crippen LogP contribution >= 0.6 is 0 Å². The number of aromatic nitrogens is 1. The zero-order valence-corrected chi connectivity index (χ0v) is 15.6. The fourth-order valence-corrected chi connectivity index (χ4v) is 4.12. The number of nitrogens with zero attached hydrogens (tertiary/aromatic N) is 2. The second-order valence-electron chi connectivity index (χ2n) is 8.13. The molecular weight excluding hydrogens is 342 g/mol. The first-order valence-corrected chi connectivity index (χ1v) is 9.69. The lowest BCUT2D eigenvalue weighted by molar-refractivity contribution is -0.146. The number of likely N-dealkylation sites (tertiary alicyclic amines) is 1. The summed E-state index contributed by atoms with van der Waals surface area (Å²) in [5.74, 6) is -0.156. The zero-order chi connectivity index (χ0) is 19.0. The highest BCUT2D eigenvalue weighted by Gasteiger charge is 2.42. The molecule has 4 rings (SSSR count). The van der Waals surface area contributed by atoms with Gasteiger partial charge in [-0.25, -0.2) is 0 Å². The van der Waals surface area contributed by atoms with Crippen LogP contribution in [0.2, 0.25) is 0 Å². The Labute approximate surface area is 159 Å². The van der Waals surface area contributed by atoms with Crippen LogP contribution in [0.1, 0.15) is 37.3 Å². The molecule has 27 heavy (non-hydrogen) atoms. The Bertz CT molecular complexity index is 826. The fourth-order valence-electron chi connectivity index (χ4n) is 4.12. The Morgan fingerprint density at radius 2 is 2.00 bits per heavy atom. The molecule has 1 aromatic carbocycles. The maximum Gasteiger partial charge on any atom is 0.252 e. The molecule has 144 valence electrons. The molecule has 0 radical (unpaired) electrons. The molecule has 1 saturated carbocycles. The van der Waals surface area contributed by atoms with Crippen molar-refractivity contribution in [3.8, 4) is 0 Å². The SMILES string of the molecule is CN1CCC(O)(C(=O)N[C@H](c2cnc3ccccc3c2)C2CC(O)C2)CC1. The Balaban J connectivity index is 1.58. The lowest BCUT2D eigenvalue weighted by Gasteiger charge is -2.41. The molecule has 1 amide bonds. The average molecular weight is 369 g/mol. The molecule has 6 heteroatoms. The number of amides is 1. The minimum absolute atomic E-state index is 0.154. The number of hydrogen-bond donors (Lipinski definition) is 3. The van der Waals surface area contributed by atoms with Gasteiger partial charge in [0.2, 0.25) is 0 Å². The molecule has 1 aromatic heterocycles. The number of fused-ring (bicyclic) bond motifs is 1. The summed E-state index contributed by atoms with van der Waals surface area (Å²) >= 11 is 0. The van der Waals surface area contributed by atoms with Gasteiger partial charge in [0.25, 0.3) is 5.91 Å². The molecule has 0 unspecified atom stereocenters. The van der Waals surface area contributed by atoms with Gasteiger partial charge in [-0.05, 0) is 56.3 Å². The number of nitrogens with one attached hydrogen (secondary N) is 1. The summed E-state index contributed by atoms with van der Waals surface area (Å²) in [5.41, 5.74) is 0.515. The van der Waals surface area contributed by atoms with E-state index < -0.39 is 5.60 Å². The third-order valence-electron chi connectivity index (χ3n) is 6.12. The third-order valence-corrected chi connectivity index (χ3v) is 6.12. The molecule has 1 aliphatic heterocycles. The van der Waals surface area contributed by atoms with Crippen LogP contribution in [0.25, 0.3) is 10.9 Å². The molecular formula is C21H27N3O3. The van der Waals surface area contributed by atoms with Crippen molar-refractivity contribution in [2.45, 2.75) is 43.4 Å². The van der Waals surface area contributed by atoms with E-state index in [4.69, 9.17) is 0 Å². The number of pyridine rings is 1. The van der Waals surface area contributed by atoms with Crippen LogP contribution in [0.15, 0.2) is 36.5 Å². The first-order chi connectivity index (χ1) is 12.9. The van der Waals surface area contributed by atoms with E-state index in [1.165, 1.54) is 0 Å². The van der Waals surface area contributed by atoms with Crippen LogP contribution in [0.5, 0.6) is 0 Å². The van der Waals surface area contributed by atoms with Crippen molar-refractivity contribution in [1.82, 2.24) is 15.2 Å². The van der Waals surface area contributed by atoms with Gasteiger partial charge in [0, 0.05) is 24.7 Å². The standard InChI is InChI=1S/C21H27N3O3/c1-24-8-6-21(27,7-9-24)20(26)23-19(15-11-17(25)12-15)16-10-14-4-2-3-5-18(14)22-13-16/h2-5,10,13,15,17,19,25,27H,6-9,11-12H2,1H3,(H,23,26)/t15?,17?,19-/m0/s1. The molecule has 1 aliphatic carbocycles. The number of benzene rings is 1. The van der Waals surface area contributed by atoms with E-state index in [2.05, 4.69) is 21.3 Å². The quantitative estimate of drug-likeness (QED) is 0.763. The van der Waals surface area contributed by atoms with Crippen molar-refractivity contribution in [2.24, 2.45) is 5.92 Å². The van der Waals surface area contributed by atoms with Crippen LogP contribution in [-0.2, 0) is 4.79 Å². The number of piperidine rings is 1. The normalized spacial score (nSPS) is 26.3. The largest absolute Gasteiger partial charge is 0.393 e. The first kappa shape index (κ1) is 18.3. The molecule has 2 aliphatic rings. The van der Waals surface area contributed by atoms with Gasteiger partial charge in [0.1, 0.15) is 5.60 Å². The Hall–Kier alpha value is -2.02. The van der Waals surface area contributed by atoms with E-state index in [-0.39, 0.29) is 24.0 Å². The number of aliphatic hydroxyl groups is 2. The summed E-state index contributed by atoms with van der Waals surface area (Å²) in [4.78, 5) is 19.6. The van der Waals surface area contributed by atoms with E-state index in [1.807, 2.05) is 31.3 Å². The van der Waals surface area contributed by atoms with Crippen LogP contribution in [0.3, 0.4) is 0 Å². The van der Waals surface area contributed by atoms with Gasteiger partial charge in [0.05, 0.1) is 17.7 Å². The van der Waals surface area contributed by atoms with Crippen molar-refractivity contribution in [2.75, 3.05) is 20.1 Å². The molecule has 1 saturated heterocycles. The average Bonchev–Trinajstić information content (AvgIpc) is 2.66. The predicted molar refractivity (Wildman–Crippen MR) is 103 cm³/mol. The fraction of sp³-hybridized carbons (Fsp3) is 0.524. The monoisotopic (exact) mass is 369 g/mol. The molecule has 3 N–H and O–H groups in total. The van der Waals surface area contributed by atoms with Gasteiger partial charge < -0.3 is 20.4 Å². The van der Waals surface area contributed by atoms with E-state index in [1.54, 1.807) is 6.20 Å². The minimum Gasteiger partial charge on any atom is -0.393 e. The van der Waals surface area contributed by atoms with Crippen molar-refractivity contribution in [3.63, 3.8) is 0 Å². The lowest BCUT2D eigenvalue weighted by Crippen LogP contribution is -2.55. The summed E-state index contributed by atoms with van der Waals surface area (Å²) < 4.78 is 0. The van der Waals surface area contributed by atoms with Gasteiger partial charge >= 0.3 is 0 Å². The predicted octanol–water partition coefficient (Wildman–Crippen LogP) is 1.62. The van der Waals surface area contributed by atoms with E-state index in [0.717, 1.165) is 16.5 Å². The van der Waals surface area contributed by atoms with E-state index >= 15 is 0 Å². The molecule has 6 nitrogen and oxygen atoms in total. The smallest absolute Gasteiger partial charge is 0.252 e. The van der Waals surface area contributed by atoms with Crippen molar-refractivity contribution in [1.29, 1.82) is 0 Å². The highest BCUT2D eigenvalue weighted by atomic mass is 16.3. The number of rotatable bonds is 4. The van der Waals surface area contributed by atoms with Gasteiger partial charge in [-0.2, -0.15) is 0 Å². The van der Waals surface area contributed by atoms with Crippen molar-refractivity contribution in [3.05, 3.63) is 42.1 Å². The number of para-hydroxylation sites is 1. The van der Waals surface area contributed by atoms with Gasteiger partial charge in [-0.3, -0.25) is 9.78 Å². The number of hydrogen-bond acceptors (Lipinski definition) is 5. The van der Waals surface area contributed by atoms with Crippen molar-refractivity contribution >= 4 is 16.8 Å². The highest BCUT2D eigenvalue weighted by Crippen LogP contribution is 2.39. The zero-order valence-electron chi connectivity index (χ0n) is 15.6. The topological polar surface area (TPSA) is 85.7 Å². The highest BCUT2D eigenvalue weighted by molar-refractivity contribution is 5.86. The number of carbonyl (C=O) groups excluding carboxylic acids is 1. The van der Waals surface area contributed by atoms with Crippen LogP contribution < -0.4 is 5.32 Å². The second kappa shape index (κ2) is 7.19. The molecule has 2 fully saturated rings. The molecule has 2 heterocycles. The Kier molecular flexibility index (Phi) is 4.88. The van der Waals surface area contributed by atoms with Crippen LogP contribution in [-0.4, -0.2) is 57.8 Å². The Morgan fingerprint density at radius 1 is 1.30 bits per heavy atom. The maximum absolute atomic E-state index is 12.9. The first-order valence-electron chi connectivity index (χ1n) is 9.69. The van der Waals surface area contributed by atoms with Crippen LogP contribution in [0.4, 0.5) is 0 Å². The van der Waals surface area contributed by atoms with Gasteiger partial charge in [0.15, 0.2) is 0 Å². The Morgan fingerprint density at radius 3 is 2.70 bits per heavy atom. The van der Waals surface area contributed by atoms with Crippen LogP contribution in [0, 0.1) is 5.92 Å². The lowest BCUT2D eigenvalue weighted by atomic mass is 9.75. The number of carbonyl (C=O) groups is 1. The molecule has 0 spiro atoms. The van der Waals surface area contributed by atoms with Crippen molar-refractivity contribution < 1.29 is 15.0 Å². The third kappa shape index (κ3) is 3.70. The molecule has 1 atom stereocenters. The summed E-state index contributed by atoms with van der Waals surface area (Å²) in [6, 6.07) is 9.69. The summed E-state index contributed by atoms with van der Waals surface area (Å²) in [7, 11) is 2.00. The summed E-state index contributed by atoms with van der Waals surface area (Å²) in [6.07, 6.45) is 3.67. The van der Waals surface area contributed by atoms with Gasteiger partial charge in [-0.15, -0.1) is 0 Å². The summed E-state index contributed by atoms with van der Waals surface area (Å²) in [5, 5.41) is 24.7. The number of aliphatic hydroxyl groups excluding tert-OH is 1. The second-order valence-corrected chi connectivity index (χ2v) is 8.13. The minimum atomic E-state index is -1.32. The van der Waals surface area contributed by atoms with E-state index in [0.29, 0.717) is 38.8 Å². The van der Waals surface area contributed by atoms with E-state index in [9.17, 15) is 15.0 Å². The summed E-state index contributed by atoms with van der Waals surface area (Å²) in [6.45, 7) is 1.41. The van der Waals surface area contributed by atoms with Gasteiger partial charge in [-0.1, -0.05) is 18.2 Å². The maximum atomic E-state index is 12.9. The molecule has 2 aromatic rings. The molecule has 0 bridgehead atoms.